The van der Waals surface area contributed by atoms with Gasteiger partial charge in [0.05, 0.1) is 18.1 Å². The van der Waals surface area contributed by atoms with Crippen molar-refractivity contribution in [3.63, 3.8) is 0 Å². The molecule has 1 N–H and O–H groups in total. The van der Waals surface area contributed by atoms with E-state index in [4.69, 9.17) is 13.9 Å². The molecule has 0 bridgehead atoms. The minimum Gasteiger partial charge on any atom is -0.507 e. The van der Waals surface area contributed by atoms with Gasteiger partial charge in [0.25, 0.3) is 0 Å². The number of nitrogens with zero attached hydrogens (tertiary/aromatic N) is 1. The zero-order chi connectivity index (χ0) is 21.3. The van der Waals surface area contributed by atoms with Gasteiger partial charge < -0.3 is 19.0 Å². The lowest BCUT2D eigenvalue weighted by Gasteiger charge is -2.30. The number of phenolic OH excluding ortho intramolecular Hbond substituents is 1. The number of fused-ring (bicyclic) bond motifs is 1. The average Bonchev–Trinajstić information content (AvgIpc) is 2.75. The molecule has 0 atom stereocenters. The predicted molar refractivity (Wildman–Crippen MR) is 116 cm³/mol. The van der Waals surface area contributed by atoms with Crippen molar-refractivity contribution in [1.29, 1.82) is 0 Å². The van der Waals surface area contributed by atoms with Crippen LogP contribution < -0.4 is 14.9 Å². The number of hydrogen-bond donors (Lipinski definition) is 1. The summed E-state index contributed by atoms with van der Waals surface area (Å²) in [6.45, 7) is 6.44. The Morgan fingerprint density at radius 1 is 1.13 bits per heavy atom. The zero-order valence-electron chi connectivity index (χ0n) is 17.6. The van der Waals surface area contributed by atoms with Gasteiger partial charge in [0, 0.05) is 6.54 Å². The van der Waals surface area contributed by atoms with E-state index >= 15 is 0 Å². The van der Waals surface area contributed by atoms with Crippen LogP contribution in [0.5, 0.6) is 23.0 Å². The molecule has 1 aliphatic rings. The van der Waals surface area contributed by atoms with E-state index in [1.165, 1.54) is 0 Å². The lowest BCUT2D eigenvalue weighted by molar-refractivity contribution is 0.183. The molecule has 0 unspecified atom stereocenters. The number of aromatic hydroxyl groups is 1. The van der Waals surface area contributed by atoms with Crippen molar-refractivity contribution in [3.05, 3.63) is 57.9 Å². The van der Waals surface area contributed by atoms with Crippen molar-refractivity contribution in [1.82, 2.24) is 4.90 Å². The van der Waals surface area contributed by atoms with Crippen LogP contribution in [0.1, 0.15) is 31.1 Å². The molecular formula is C24H27NO5. The largest absolute Gasteiger partial charge is 0.507 e. The summed E-state index contributed by atoms with van der Waals surface area (Å²) in [6.07, 6.45) is 2.26. The molecule has 0 amide bonds. The van der Waals surface area contributed by atoms with Crippen LogP contribution in [0.15, 0.2) is 45.6 Å². The molecule has 158 valence electrons. The van der Waals surface area contributed by atoms with E-state index in [9.17, 15) is 9.90 Å². The van der Waals surface area contributed by atoms with Gasteiger partial charge in [-0.05, 0) is 63.0 Å². The highest BCUT2D eigenvalue weighted by molar-refractivity contribution is 5.83. The van der Waals surface area contributed by atoms with Crippen molar-refractivity contribution < 1.29 is 19.0 Å². The molecule has 3 aromatic rings. The lowest BCUT2D eigenvalue weighted by atomic mass is 9.98. The summed E-state index contributed by atoms with van der Waals surface area (Å²) >= 11 is 0. The van der Waals surface area contributed by atoms with Crippen LogP contribution in [0.25, 0.3) is 11.0 Å². The van der Waals surface area contributed by atoms with Gasteiger partial charge >= 0.3 is 0 Å². The fraction of sp³-hybridized carbons (Fsp3) is 0.375. The highest BCUT2D eigenvalue weighted by atomic mass is 16.5. The van der Waals surface area contributed by atoms with Gasteiger partial charge in [-0.15, -0.1) is 0 Å². The molecular weight excluding hydrogens is 382 g/mol. The summed E-state index contributed by atoms with van der Waals surface area (Å²) in [7, 11) is 1.55. The van der Waals surface area contributed by atoms with Crippen LogP contribution in [-0.4, -0.2) is 30.2 Å². The number of aryl methyl sites for hydroxylation is 1. The Morgan fingerprint density at radius 3 is 2.53 bits per heavy atom. The molecule has 0 saturated carbocycles. The third kappa shape index (κ3) is 3.87. The highest BCUT2D eigenvalue weighted by Crippen LogP contribution is 2.35. The van der Waals surface area contributed by atoms with E-state index in [1.54, 1.807) is 38.3 Å². The van der Waals surface area contributed by atoms with E-state index in [0.717, 1.165) is 31.8 Å². The first-order valence-corrected chi connectivity index (χ1v) is 10.3. The normalized spacial score (nSPS) is 15.4. The summed E-state index contributed by atoms with van der Waals surface area (Å²) in [6, 6.07) is 10.3. The molecule has 1 fully saturated rings. The molecule has 0 spiro atoms. The standard InChI is InChI=1S/C24H27NO5/c1-15-10-12-25(13-11-15)14-18-19(26)9-8-17-22(27)23(16(2)29-24(17)18)30-21-7-5-4-6-20(21)28-3/h4-9,15,26H,10-14H2,1-3H3. The molecule has 0 radical (unpaired) electrons. The maximum atomic E-state index is 13.2. The molecule has 2 aromatic carbocycles. The number of ether oxygens (including phenoxy) is 2. The fourth-order valence-electron chi connectivity index (χ4n) is 3.92. The van der Waals surface area contributed by atoms with Crippen LogP contribution in [0.4, 0.5) is 0 Å². The summed E-state index contributed by atoms with van der Waals surface area (Å²) in [5.41, 5.74) is 0.794. The fourth-order valence-corrected chi connectivity index (χ4v) is 3.92. The predicted octanol–water partition coefficient (Wildman–Crippen LogP) is 4.84. The third-order valence-electron chi connectivity index (χ3n) is 5.80. The minimum absolute atomic E-state index is 0.121. The van der Waals surface area contributed by atoms with Gasteiger partial charge in [-0.25, -0.2) is 0 Å². The maximum absolute atomic E-state index is 13.2. The summed E-state index contributed by atoms with van der Waals surface area (Å²) in [5.74, 6) is 2.31. The Labute approximate surface area is 175 Å². The number of para-hydroxylation sites is 2. The Balaban J connectivity index is 1.74. The van der Waals surface area contributed by atoms with E-state index < -0.39 is 0 Å². The van der Waals surface area contributed by atoms with Crippen LogP contribution in [-0.2, 0) is 6.54 Å². The molecule has 1 saturated heterocycles. The molecule has 2 heterocycles. The Bertz CT molecular complexity index is 1110. The van der Waals surface area contributed by atoms with Crippen molar-refractivity contribution in [2.24, 2.45) is 5.92 Å². The van der Waals surface area contributed by atoms with Gasteiger partial charge in [0.2, 0.25) is 11.2 Å². The van der Waals surface area contributed by atoms with Crippen LogP contribution in [0.2, 0.25) is 0 Å². The van der Waals surface area contributed by atoms with Crippen LogP contribution in [0, 0.1) is 12.8 Å². The zero-order valence-corrected chi connectivity index (χ0v) is 17.6. The molecule has 30 heavy (non-hydrogen) atoms. The Morgan fingerprint density at radius 2 is 1.83 bits per heavy atom. The summed E-state index contributed by atoms with van der Waals surface area (Å²) in [4.78, 5) is 15.5. The van der Waals surface area contributed by atoms with Gasteiger partial charge in [-0.2, -0.15) is 0 Å². The first-order chi connectivity index (χ1) is 14.5. The smallest absolute Gasteiger partial charge is 0.235 e. The molecule has 1 aliphatic heterocycles. The van der Waals surface area contributed by atoms with Gasteiger partial charge in [0.15, 0.2) is 11.5 Å². The monoisotopic (exact) mass is 409 g/mol. The first kappa shape index (κ1) is 20.3. The second kappa shape index (κ2) is 8.40. The van der Waals surface area contributed by atoms with E-state index in [1.807, 2.05) is 12.1 Å². The van der Waals surface area contributed by atoms with Crippen LogP contribution in [0.3, 0.4) is 0 Å². The first-order valence-electron chi connectivity index (χ1n) is 10.3. The molecule has 6 nitrogen and oxygen atoms in total. The number of piperidine rings is 1. The number of benzene rings is 2. The lowest BCUT2D eigenvalue weighted by Crippen LogP contribution is -2.32. The van der Waals surface area contributed by atoms with Crippen LogP contribution >= 0.6 is 0 Å². The number of rotatable bonds is 5. The average molecular weight is 409 g/mol. The van der Waals surface area contributed by atoms with Crippen molar-refractivity contribution in [3.8, 4) is 23.0 Å². The minimum atomic E-state index is -0.270. The highest BCUT2D eigenvalue weighted by Gasteiger charge is 2.22. The molecule has 0 aliphatic carbocycles. The van der Waals surface area contributed by atoms with E-state index in [0.29, 0.717) is 40.3 Å². The number of phenols is 1. The van der Waals surface area contributed by atoms with E-state index in [-0.39, 0.29) is 16.9 Å². The SMILES string of the molecule is COc1ccccc1Oc1c(C)oc2c(CN3CCC(C)CC3)c(O)ccc2c1=O. The summed E-state index contributed by atoms with van der Waals surface area (Å²) < 4.78 is 17.3. The van der Waals surface area contributed by atoms with Crippen molar-refractivity contribution in [2.45, 2.75) is 33.2 Å². The van der Waals surface area contributed by atoms with E-state index in [2.05, 4.69) is 11.8 Å². The second-order valence-electron chi connectivity index (χ2n) is 7.97. The second-order valence-corrected chi connectivity index (χ2v) is 7.97. The third-order valence-corrected chi connectivity index (χ3v) is 5.80. The van der Waals surface area contributed by atoms with Crippen molar-refractivity contribution in [2.75, 3.05) is 20.2 Å². The van der Waals surface area contributed by atoms with Crippen molar-refractivity contribution >= 4 is 11.0 Å². The Kier molecular flexibility index (Phi) is 5.68. The molecule has 4 rings (SSSR count). The van der Waals surface area contributed by atoms with Gasteiger partial charge in [0.1, 0.15) is 17.1 Å². The number of methoxy groups -OCH3 is 1. The maximum Gasteiger partial charge on any atom is 0.235 e. The van der Waals surface area contributed by atoms with Gasteiger partial charge in [-0.1, -0.05) is 19.1 Å². The number of likely N-dealkylation sites (tertiary alicyclic amines) is 1. The topological polar surface area (TPSA) is 72.1 Å². The Hall–Kier alpha value is -2.99. The summed E-state index contributed by atoms with van der Waals surface area (Å²) in [5, 5.41) is 10.9. The van der Waals surface area contributed by atoms with Gasteiger partial charge in [-0.3, -0.25) is 9.69 Å². The molecule has 6 heteroatoms. The quantitative estimate of drug-likeness (QED) is 0.650. The number of hydrogen-bond acceptors (Lipinski definition) is 6. The molecule has 1 aromatic heterocycles.